The average Bonchev–Trinajstić information content (AvgIpc) is 3.03. The van der Waals surface area contributed by atoms with E-state index in [-0.39, 0.29) is 11.9 Å². The van der Waals surface area contributed by atoms with Gasteiger partial charge in [0.25, 0.3) is 0 Å². The van der Waals surface area contributed by atoms with Gasteiger partial charge in [0.15, 0.2) is 5.82 Å². The minimum atomic E-state index is 0.102. The van der Waals surface area contributed by atoms with Gasteiger partial charge in [-0.3, -0.25) is 4.79 Å². The van der Waals surface area contributed by atoms with Crippen molar-refractivity contribution in [1.29, 1.82) is 0 Å². The first-order chi connectivity index (χ1) is 11.8. The Morgan fingerprint density at radius 2 is 2.21 bits per heavy atom. The minimum Gasteiger partial charge on any atom is -0.349 e. The van der Waals surface area contributed by atoms with Crippen molar-refractivity contribution in [3.05, 3.63) is 47.1 Å². The summed E-state index contributed by atoms with van der Waals surface area (Å²) in [7, 11) is 0. The Hall–Kier alpha value is -2.17. The average molecular weight is 327 g/mol. The molecule has 1 aromatic heterocycles. The second kappa shape index (κ2) is 8.08. The van der Waals surface area contributed by atoms with Gasteiger partial charge < -0.3 is 9.84 Å². The van der Waals surface area contributed by atoms with Crippen LogP contribution in [-0.2, 0) is 24.1 Å². The number of nitrogens with zero attached hydrogens (tertiary/aromatic N) is 2. The smallest absolute Gasteiger partial charge is 0.226 e. The Kier molecular flexibility index (Phi) is 5.62. The van der Waals surface area contributed by atoms with E-state index >= 15 is 0 Å². The summed E-state index contributed by atoms with van der Waals surface area (Å²) in [6.45, 7) is 2.09. The fourth-order valence-corrected chi connectivity index (χ4v) is 3.29. The topological polar surface area (TPSA) is 68.0 Å². The summed E-state index contributed by atoms with van der Waals surface area (Å²) in [5.41, 5.74) is 2.64. The van der Waals surface area contributed by atoms with Gasteiger partial charge in [0, 0.05) is 19.3 Å². The van der Waals surface area contributed by atoms with Crippen LogP contribution < -0.4 is 5.32 Å². The highest BCUT2D eigenvalue weighted by Crippen LogP contribution is 2.29. The lowest BCUT2D eigenvalue weighted by Gasteiger charge is -2.26. The first kappa shape index (κ1) is 16.7. The Balaban J connectivity index is 1.46. The zero-order chi connectivity index (χ0) is 16.8. The van der Waals surface area contributed by atoms with Crippen molar-refractivity contribution in [3.63, 3.8) is 0 Å². The molecule has 0 saturated heterocycles. The van der Waals surface area contributed by atoms with E-state index in [0.717, 1.165) is 44.3 Å². The van der Waals surface area contributed by atoms with Crippen LogP contribution in [0, 0.1) is 0 Å². The number of hydrogen-bond acceptors (Lipinski definition) is 4. The molecule has 24 heavy (non-hydrogen) atoms. The van der Waals surface area contributed by atoms with Crippen molar-refractivity contribution in [2.75, 3.05) is 0 Å². The Morgan fingerprint density at radius 3 is 3.08 bits per heavy atom. The molecular formula is C19H25N3O2. The molecule has 0 aliphatic heterocycles. The van der Waals surface area contributed by atoms with Crippen molar-refractivity contribution in [1.82, 2.24) is 15.5 Å². The number of nitrogens with one attached hydrogen (secondary N) is 1. The van der Waals surface area contributed by atoms with E-state index in [1.165, 1.54) is 11.1 Å². The van der Waals surface area contributed by atoms with Crippen LogP contribution in [0.4, 0.5) is 0 Å². The lowest BCUT2D eigenvalue weighted by molar-refractivity contribution is -0.122. The second-order valence-corrected chi connectivity index (χ2v) is 6.42. The molecule has 0 radical (unpaired) electrons. The van der Waals surface area contributed by atoms with E-state index in [1.807, 2.05) is 6.07 Å². The van der Waals surface area contributed by atoms with Gasteiger partial charge in [0.2, 0.25) is 11.8 Å². The van der Waals surface area contributed by atoms with Crippen LogP contribution in [0.3, 0.4) is 0 Å². The van der Waals surface area contributed by atoms with Gasteiger partial charge in [-0.15, -0.1) is 0 Å². The Bertz CT molecular complexity index is 681. The maximum atomic E-state index is 12.2. The predicted octanol–water partition coefficient (Wildman–Crippen LogP) is 3.54. The Morgan fingerprint density at radius 1 is 1.33 bits per heavy atom. The molecule has 3 rings (SSSR count). The lowest BCUT2D eigenvalue weighted by Crippen LogP contribution is -2.30. The normalized spacial score (nSPS) is 16.6. The van der Waals surface area contributed by atoms with E-state index in [2.05, 4.69) is 40.6 Å². The third-order valence-electron chi connectivity index (χ3n) is 4.48. The molecular weight excluding hydrogens is 302 g/mol. The summed E-state index contributed by atoms with van der Waals surface area (Å²) in [4.78, 5) is 16.6. The SMILES string of the molecule is CCCc1noc(CCCC(=O)N[C@@H]2CCCc3ccccc32)n1. The standard InChI is InChI=1S/C19H25N3O2/c1-2-7-17-21-19(24-22-17)13-6-12-18(23)20-16-11-5-9-14-8-3-4-10-15(14)16/h3-4,8,10,16H,2,5-7,9,11-13H2,1H3,(H,20,23)/t16-/m1/s1. The molecule has 1 aliphatic carbocycles. The molecule has 1 amide bonds. The van der Waals surface area contributed by atoms with Crippen LogP contribution in [0.15, 0.2) is 28.8 Å². The molecule has 1 N–H and O–H groups in total. The van der Waals surface area contributed by atoms with Crippen LogP contribution in [-0.4, -0.2) is 16.0 Å². The third-order valence-corrected chi connectivity index (χ3v) is 4.48. The van der Waals surface area contributed by atoms with Gasteiger partial charge in [-0.1, -0.05) is 36.3 Å². The number of fused-ring (bicyclic) bond motifs is 1. The van der Waals surface area contributed by atoms with Crippen molar-refractivity contribution >= 4 is 5.91 Å². The number of benzene rings is 1. The summed E-state index contributed by atoms with van der Waals surface area (Å²) < 4.78 is 5.20. The number of carbonyl (C=O) groups is 1. The predicted molar refractivity (Wildman–Crippen MR) is 91.5 cm³/mol. The van der Waals surface area contributed by atoms with Crippen molar-refractivity contribution in [3.8, 4) is 0 Å². The maximum Gasteiger partial charge on any atom is 0.226 e. The molecule has 2 aromatic rings. The number of hydrogen-bond donors (Lipinski definition) is 1. The Labute approximate surface area is 142 Å². The van der Waals surface area contributed by atoms with Gasteiger partial charge in [0.1, 0.15) is 0 Å². The van der Waals surface area contributed by atoms with Gasteiger partial charge in [0.05, 0.1) is 6.04 Å². The number of aryl methyl sites for hydroxylation is 3. The largest absolute Gasteiger partial charge is 0.349 e. The highest BCUT2D eigenvalue weighted by atomic mass is 16.5. The third kappa shape index (κ3) is 4.22. The van der Waals surface area contributed by atoms with Crippen LogP contribution in [0.2, 0.25) is 0 Å². The number of amides is 1. The van der Waals surface area contributed by atoms with Gasteiger partial charge >= 0.3 is 0 Å². The molecule has 1 aliphatic rings. The van der Waals surface area contributed by atoms with Crippen LogP contribution in [0.1, 0.15) is 67.9 Å². The van der Waals surface area contributed by atoms with Gasteiger partial charge in [-0.05, 0) is 43.2 Å². The van der Waals surface area contributed by atoms with Crippen LogP contribution in [0.25, 0.3) is 0 Å². The molecule has 1 heterocycles. The van der Waals surface area contributed by atoms with Crippen molar-refractivity contribution in [2.24, 2.45) is 0 Å². The van der Waals surface area contributed by atoms with Gasteiger partial charge in [-0.25, -0.2) is 0 Å². The van der Waals surface area contributed by atoms with E-state index in [0.29, 0.717) is 18.7 Å². The van der Waals surface area contributed by atoms with E-state index in [4.69, 9.17) is 4.52 Å². The van der Waals surface area contributed by atoms with Crippen molar-refractivity contribution in [2.45, 2.75) is 64.3 Å². The first-order valence-electron chi connectivity index (χ1n) is 8.95. The lowest BCUT2D eigenvalue weighted by atomic mass is 9.87. The highest BCUT2D eigenvalue weighted by molar-refractivity contribution is 5.76. The van der Waals surface area contributed by atoms with Gasteiger partial charge in [-0.2, -0.15) is 4.98 Å². The molecule has 0 fully saturated rings. The molecule has 0 spiro atoms. The zero-order valence-corrected chi connectivity index (χ0v) is 14.3. The number of rotatable bonds is 7. The zero-order valence-electron chi connectivity index (χ0n) is 14.3. The summed E-state index contributed by atoms with van der Waals surface area (Å²) in [6, 6.07) is 8.57. The molecule has 5 nitrogen and oxygen atoms in total. The molecule has 128 valence electrons. The summed E-state index contributed by atoms with van der Waals surface area (Å²) in [5, 5.41) is 7.12. The summed E-state index contributed by atoms with van der Waals surface area (Å²) in [6.07, 6.45) is 6.98. The number of aromatic nitrogens is 2. The highest BCUT2D eigenvalue weighted by Gasteiger charge is 2.21. The molecule has 0 unspecified atom stereocenters. The molecule has 0 saturated carbocycles. The summed E-state index contributed by atoms with van der Waals surface area (Å²) in [5.74, 6) is 1.50. The molecule has 1 atom stereocenters. The van der Waals surface area contributed by atoms with E-state index in [1.54, 1.807) is 0 Å². The molecule has 1 aromatic carbocycles. The number of carbonyl (C=O) groups excluding carboxylic acids is 1. The van der Waals surface area contributed by atoms with E-state index in [9.17, 15) is 4.79 Å². The molecule has 0 bridgehead atoms. The van der Waals surface area contributed by atoms with Crippen LogP contribution >= 0.6 is 0 Å². The van der Waals surface area contributed by atoms with Crippen molar-refractivity contribution < 1.29 is 9.32 Å². The molecule has 5 heteroatoms. The van der Waals surface area contributed by atoms with Crippen LogP contribution in [0.5, 0.6) is 0 Å². The second-order valence-electron chi connectivity index (χ2n) is 6.42. The minimum absolute atomic E-state index is 0.102. The van der Waals surface area contributed by atoms with E-state index < -0.39 is 0 Å². The fourth-order valence-electron chi connectivity index (χ4n) is 3.29. The first-order valence-corrected chi connectivity index (χ1v) is 8.95. The summed E-state index contributed by atoms with van der Waals surface area (Å²) >= 11 is 0. The quantitative estimate of drug-likeness (QED) is 0.844. The fraction of sp³-hybridized carbons (Fsp3) is 0.526. The monoisotopic (exact) mass is 327 g/mol. The maximum absolute atomic E-state index is 12.2.